The van der Waals surface area contributed by atoms with Crippen molar-refractivity contribution in [3.8, 4) is 11.1 Å². The van der Waals surface area contributed by atoms with E-state index in [0.717, 1.165) is 53.2 Å². The summed E-state index contributed by atoms with van der Waals surface area (Å²) in [6.07, 6.45) is 3.15. The first-order valence-electron chi connectivity index (χ1n) is 9.20. The molecule has 1 aliphatic rings. The molecule has 4 aromatic rings. The Hall–Kier alpha value is -2.85. The molecule has 1 aliphatic carbocycles. The second kappa shape index (κ2) is 6.39. The second-order valence-corrected chi connectivity index (χ2v) is 7.37. The summed E-state index contributed by atoms with van der Waals surface area (Å²) in [5, 5.41) is 9.11. The summed E-state index contributed by atoms with van der Waals surface area (Å²) >= 11 is 6.18. The number of benzene rings is 2. The minimum Gasteiger partial charge on any atom is -0.340 e. The summed E-state index contributed by atoms with van der Waals surface area (Å²) in [5.41, 5.74) is 7.51. The van der Waals surface area contributed by atoms with E-state index in [1.54, 1.807) is 0 Å². The second-order valence-electron chi connectivity index (χ2n) is 6.94. The first kappa shape index (κ1) is 16.3. The van der Waals surface area contributed by atoms with Gasteiger partial charge >= 0.3 is 0 Å². The fourth-order valence-corrected chi connectivity index (χ4v) is 4.10. The van der Waals surface area contributed by atoms with Crippen LogP contribution in [0.4, 0.5) is 11.5 Å². The van der Waals surface area contributed by atoms with Gasteiger partial charge in [0.05, 0.1) is 5.69 Å². The monoisotopic (exact) mass is 374 g/mol. The Labute approximate surface area is 162 Å². The first-order valence-corrected chi connectivity index (χ1v) is 9.57. The maximum Gasteiger partial charge on any atom is 0.165 e. The highest BCUT2D eigenvalue weighted by Gasteiger charge is 2.24. The molecule has 0 aliphatic heterocycles. The zero-order valence-corrected chi connectivity index (χ0v) is 15.8. The van der Waals surface area contributed by atoms with Crippen LogP contribution in [-0.4, -0.2) is 14.6 Å². The van der Waals surface area contributed by atoms with Crippen LogP contribution >= 0.6 is 11.6 Å². The average Bonchev–Trinajstić information content (AvgIpc) is 3.26. The Morgan fingerprint density at radius 1 is 1.04 bits per heavy atom. The van der Waals surface area contributed by atoms with Crippen LogP contribution in [0.5, 0.6) is 0 Å². The summed E-state index contributed by atoms with van der Waals surface area (Å²) in [6, 6.07) is 18.1. The van der Waals surface area contributed by atoms with Gasteiger partial charge in [-0.25, -0.2) is 4.98 Å². The van der Waals surface area contributed by atoms with Crippen molar-refractivity contribution < 1.29 is 0 Å². The van der Waals surface area contributed by atoms with Crippen molar-refractivity contribution in [2.24, 2.45) is 0 Å². The number of hydrogen-bond acceptors (Lipinski definition) is 3. The highest BCUT2D eigenvalue weighted by atomic mass is 35.5. The smallest absolute Gasteiger partial charge is 0.165 e. The topological polar surface area (TPSA) is 42.2 Å². The van der Waals surface area contributed by atoms with E-state index in [2.05, 4.69) is 29.6 Å². The van der Waals surface area contributed by atoms with Crippen LogP contribution in [0.15, 0.2) is 54.6 Å². The fourth-order valence-electron chi connectivity index (χ4n) is 3.91. The van der Waals surface area contributed by atoms with E-state index in [1.165, 1.54) is 11.3 Å². The predicted octanol–water partition coefficient (Wildman–Crippen LogP) is 5.59. The van der Waals surface area contributed by atoms with Crippen molar-refractivity contribution in [2.75, 3.05) is 5.32 Å². The number of anilines is 2. The molecule has 0 bridgehead atoms. The molecule has 0 saturated heterocycles. The van der Waals surface area contributed by atoms with Crippen LogP contribution in [0, 0.1) is 6.92 Å². The molecule has 0 spiro atoms. The summed E-state index contributed by atoms with van der Waals surface area (Å²) in [6.45, 7) is 2.05. The number of aromatic nitrogens is 3. The minimum absolute atomic E-state index is 0.712. The summed E-state index contributed by atoms with van der Waals surface area (Å²) < 4.78 is 1.96. The van der Waals surface area contributed by atoms with E-state index in [9.17, 15) is 0 Å². The molecule has 134 valence electrons. The van der Waals surface area contributed by atoms with Gasteiger partial charge in [-0.15, -0.1) is 0 Å². The summed E-state index contributed by atoms with van der Waals surface area (Å²) in [7, 11) is 0. The Balaban J connectivity index is 1.75. The Morgan fingerprint density at radius 3 is 2.70 bits per heavy atom. The van der Waals surface area contributed by atoms with Crippen molar-refractivity contribution in [3.05, 3.63) is 76.6 Å². The average molecular weight is 375 g/mol. The summed E-state index contributed by atoms with van der Waals surface area (Å²) in [5.74, 6) is 1.00. The molecule has 2 aromatic heterocycles. The quantitative estimate of drug-likeness (QED) is 0.508. The van der Waals surface area contributed by atoms with Gasteiger partial charge in [-0.1, -0.05) is 48.0 Å². The molecule has 5 heteroatoms. The lowest BCUT2D eigenvalue weighted by molar-refractivity contribution is 0.900. The van der Waals surface area contributed by atoms with E-state index >= 15 is 0 Å². The molecular weight excluding hydrogens is 356 g/mol. The molecule has 0 atom stereocenters. The molecule has 1 N–H and O–H groups in total. The van der Waals surface area contributed by atoms with Crippen molar-refractivity contribution in [1.82, 2.24) is 14.6 Å². The number of rotatable bonds is 3. The van der Waals surface area contributed by atoms with E-state index in [-0.39, 0.29) is 0 Å². The van der Waals surface area contributed by atoms with E-state index in [1.807, 2.05) is 41.8 Å². The summed E-state index contributed by atoms with van der Waals surface area (Å²) in [4.78, 5) is 5.01. The fraction of sp³-hybridized carbons (Fsp3) is 0.182. The van der Waals surface area contributed by atoms with Crippen molar-refractivity contribution in [1.29, 1.82) is 0 Å². The van der Waals surface area contributed by atoms with Gasteiger partial charge in [-0.3, -0.25) is 0 Å². The van der Waals surface area contributed by atoms with Gasteiger partial charge in [0, 0.05) is 27.5 Å². The lowest BCUT2D eigenvalue weighted by Crippen LogP contribution is -2.07. The Bertz CT molecular complexity index is 1150. The number of fused-ring (bicyclic) bond motifs is 2. The molecule has 0 fully saturated rings. The van der Waals surface area contributed by atoms with Gasteiger partial charge in [-0.05, 0) is 49.9 Å². The molecule has 0 radical (unpaired) electrons. The molecule has 5 rings (SSSR count). The standard InChI is InChI=1S/C22H19ClN4/c1-14-20(15-7-3-2-4-8-15)22-25-19-12-6-11-18(19)21(27(22)26-14)24-17-10-5-9-16(23)13-17/h2-5,7-10,13,24H,6,11-12H2,1H3. The molecule has 27 heavy (non-hydrogen) atoms. The van der Waals surface area contributed by atoms with E-state index in [0.29, 0.717) is 5.02 Å². The number of aryl methyl sites for hydroxylation is 2. The molecular formula is C22H19ClN4. The van der Waals surface area contributed by atoms with Gasteiger partial charge < -0.3 is 5.32 Å². The lowest BCUT2D eigenvalue weighted by Gasteiger charge is -2.14. The van der Waals surface area contributed by atoms with E-state index in [4.69, 9.17) is 21.7 Å². The Morgan fingerprint density at radius 2 is 1.89 bits per heavy atom. The van der Waals surface area contributed by atoms with Crippen LogP contribution in [0.2, 0.25) is 5.02 Å². The third kappa shape index (κ3) is 2.77. The zero-order chi connectivity index (χ0) is 18.4. The maximum atomic E-state index is 6.18. The number of hydrogen-bond donors (Lipinski definition) is 1. The van der Waals surface area contributed by atoms with Gasteiger partial charge in [0.25, 0.3) is 0 Å². The number of nitrogens with zero attached hydrogens (tertiary/aromatic N) is 3. The highest BCUT2D eigenvalue weighted by Crippen LogP contribution is 2.35. The largest absolute Gasteiger partial charge is 0.340 e. The van der Waals surface area contributed by atoms with Gasteiger partial charge in [0.2, 0.25) is 0 Å². The van der Waals surface area contributed by atoms with Crippen molar-refractivity contribution in [2.45, 2.75) is 26.2 Å². The zero-order valence-electron chi connectivity index (χ0n) is 15.0. The predicted molar refractivity (Wildman–Crippen MR) is 110 cm³/mol. The van der Waals surface area contributed by atoms with Gasteiger partial charge in [-0.2, -0.15) is 9.61 Å². The van der Waals surface area contributed by atoms with Crippen molar-refractivity contribution in [3.63, 3.8) is 0 Å². The number of halogens is 1. The normalized spacial score (nSPS) is 13.1. The molecule has 2 heterocycles. The molecule has 0 unspecified atom stereocenters. The first-order chi connectivity index (χ1) is 13.2. The van der Waals surface area contributed by atoms with Crippen LogP contribution in [-0.2, 0) is 12.8 Å². The van der Waals surface area contributed by atoms with Crippen molar-refractivity contribution >= 4 is 28.8 Å². The third-order valence-electron chi connectivity index (χ3n) is 5.11. The van der Waals surface area contributed by atoms with Crippen LogP contribution in [0.3, 0.4) is 0 Å². The maximum absolute atomic E-state index is 6.18. The molecule has 0 saturated carbocycles. The molecule has 2 aromatic carbocycles. The Kier molecular flexibility index (Phi) is 3.87. The lowest BCUT2D eigenvalue weighted by atomic mass is 10.1. The van der Waals surface area contributed by atoms with Crippen LogP contribution < -0.4 is 5.32 Å². The van der Waals surface area contributed by atoms with Crippen LogP contribution in [0.1, 0.15) is 23.4 Å². The SMILES string of the molecule is Cc1nn2c(Nc3cccc(Cl)c3)c3c(nc2c1-c1ccccc1)CCC3. The van der Waals surface area contributed by atoms with E-state index < -0.39 is 0 Å². The van der Waals surface area contributed by atoms with Gasteiger partial charge in [0.1, 0.15) is 5.82 Å². The number of nitrogens with one attached hydrogen (secondary N) is 1. The molecule has 4 nitrogen and oxygen atoms in total. The van der Waals surface area contributed by atoms with Crippen LogP contribution in [0.25, 0.3) is 16.8 Å². The minimum atomic E-state index is 0.712. The van der Waals surface area contributed by atoms with Gasteiger partial charge in [0.15, 0.2) is 5.65 Å². The third-order valence-corrected chi connectivity index (χ3v) is 5.35. The highest BCUT2D eigenvalue weighted by molar-refractivity contribution is 6.30. The molecule has 0 amide bonds.